The Bertz CT molecular complexity index is 1060. The zero-order valence-corrected chi connectivity index (χ0v) is 21.5. The largest absolute Gasteiger partial charge is 0.489 e. The molecule has 0 aromatic heterocycles. The molecule has 178 valence electrons. The quantitative estimate of drug-likeness (QED) is 0.380. The predicted molar refractivity (Wildman–Crippen MR) is 141 cm³/mol. The summed E-state index contributed by atoms with van der Waals surface area (Å²) in [7, 11) is 0. The highest BCUT2D eigenvalue weighted by atomic mass is 79.9. The first-order chi connectivity index (χ1) is 16.3. The van der Waals surface area contributed by atoms with Gasteiger partial charge >= 0.3 is 0 Å². The van der Waals surface area contributed by atoms with Gasteiger partial charge in [-0.25, -0.2) is 0 Å². The van der Waals surface area contributed by atoms with Crippen molar-refractivity contribution in [1.82, 2.24) is 4.90 Å². The third-order valence-corrected chi connectivity index (χ3v) is 7.66. The van der Waals surface area contributed by atoms with E-state index in [1.807, 2.05) is 84.9 Å². The van der Waals surface area contributed by atoms with Gasteiger partial charge in [0.05, 0.1) is 5.41 Å². The summed E-state index contributed by atoms with van der Waals surface area (Å²) in [4.78, 5) is 15.6. The lowest BCUT2D eigenvalue weighted by molar-refractivity contribution is -0.122. The topological polar surface area (TPSA) is 55.6 Å². The number of halogens is 1. The minimum Gasteiger partial charge on any atom is -0.489 e. The Hall–Kier alpha value is -2.63. The maximum atomic E-state index is 13.1. The molecule has 1 aliphatic rings. The number of amides is 1. The molecule has 0 saturated carbocycles. The number of nitrogens with two attached hydrogens (primary N) is 1. The molecule has 3 aromatic carbocycles. The van der Waals surface area contributed by atoms with E-state index in [0.717, 1.165) is 47.3 Å². The van der Waals surface area contributed by atoms with E-state index in [2.05, 4.69) is 34.7 Å². The zero-order valence-electron chi connectivity index (χ0n) is 19.9. The fourth-order valence-corrected chi connectivity index (χ4v) is 5.45. The highest BCUT2D eigenvalue weighted by Gasteiger charge is 2.43. The normalized spacial score (nSPS) is 17.0. The average molecular weight is 521 g/mol. The van der Waals surface area contributed by atoms with Crippen molar-refractivity contribution < 1.29 is 9.53 Å². The Balaban J connectivity index is 1.52. The van der Waals surface area contributed by atoms with Gasteiger partial charge in [-0.3, -0.25) is 9.69 Å². The summed E-state index contributed by atoms with van der Waals surface area (Å²) in [5.74, 6) is 0.581. The molecule has 1 heterocycles. The number of hydrogen-bond acceptors (Lipinski definition) is 3. The molecule has 1 fully saturated rings. The van der Waals surface area contributed by atoms with Crippen LogP contribution in [-0.2, 0) is 10.2 Å². The van der Waals surface area contributed by atoms with E-state index >= 15 is 0 Å². The SMILES string of the molecule is CC(C)(CCC(C(N)=O)(c1ccccc1)c1ccccc1)N1CCC(Oc2cccc(Br)c2)C1. The zero-order chi connectivity index (χ0) is 24.2. The number of carbonyl (C=O) groups excluding carboxylic acids is 1. The molecular weight excluding hydrogens is 488 g/mol. The predicted octanol–water partition coefficient (Wildman–Crippen LogP) is 5.93. The smallest absolute Gasteiger partial charge is 0.232 e. The molecule has 5 heteroatoms. The van der Waals surface area contributed by atoms with Gasteiger partial charge in [0.25, 0.3) is 0 Å². The molecule has 0 bridgehead atoms. The number of primary amides is 1. The van der Waals surface area contributed by atoms with Gasteiger partial charge in [0.15, 0.2) is 0 Å². The highest BCUT2D eigenvalue weighted by molar-refractivity contribution is 9.10. The molecule has 34 heavy (non-hydrogen) atoms. The summed E-state index contributed by atoms with van der Waals surface area (Å²) in [6, 6.07) is 27.9. The van der Waals surface area contributed by atoms with Crippen LogP contribution in [0.3, 0.4) is 0 Å². The lowest BCUT2D eigenvalue weighted by Gasteiger charge is -2.40. The lowest BCUT2D eigenvalue weighted by Crippen LogP contribution is -2.47. The van der Waals surface area contributed by atoms with Crippen molar-refractivity contribution in [3.05, 3.63) is 101 Å². The Morgan fingerprint density at radius 3 is 2.15 bits per heavy atom. The van der Waals surface area contributed by atoms with Gasteiger partial charge in [-0.15, -0.1) is 0 Å². The molecular formula is C29H33BrN2O2. The second kappa shape index (κ2) is 10.3. The molecule has 2 N–H and O–H groups in total. The summed E-state index contributed by atoms with van der Waals surface area (Å²) >= 11 is 3.52. The van der Waals surface area contributed by atoms with Gasteiger partial charge in [-0.05, 0) is 62.4 Å². The molecule has 1 atom stereocenters. The van der Waals surface area contributed by atoms with Crippen molar-refractivity contribution in [1.29, 1.82) is 0 Å². The summed E-state index contributed by atoms with van der Waals surface area (Å²) in [6.07, 6.45) is 2.59. The second-order valence-corrected chi connectivity index (χ2v) is 10.7. The van der Waals surface area contributed by atoms with Crippen molar-refractivity contribution >= 4 is 21.8 Å². The Labute approximate surface area is 211 Å². The van der Waals surface area contributed by atoms with Gasteiger partial charge in [0, 0.05) is 23.1 Å². The van der Waals surface area contributed by atoms with Crippen LogP contribution in [0.25, 0.3) is 0 Å². The monoisotopic (exact) mass is 520 g/mol. The first-order valence-corrected chi connectivity index (χ1v) is 12.7. The molecule has 4 nitrogen and oxygen atoms in total. The number of hydrogen-bond donors (Lipinski definition) is 1. The van der Waals surface area contributed by atoms with Crippen LogP contribution in [0.2, 0.25) is 0 Å². The van der Waals surface area contributed by atoms with Crippen molar-refractivity contribution in [3.8, 4) is 5.75 Å². The van der Waals surface area contributed by atoms with Crippen LogP contribution in [0.4, 0.5) is 0 Å². The fourth-order valence-electron chi connectivity index (χ4n) is 5.07. The van der Waals surface area contributed by atoms with Crippen LogP contribution in [0, 0.1) is 0 Å². The third-order valence-electron chi connectivity index (χ3n) is 7.17. The van der Waals surface area contributed by atoms with E-state index in [4.69, 9.17) is 10.5 Å². The number of carbonyl (C=O) groups is 1. The van der Waals surface area contributed by atoms with Gasteiger partial charge in [-0.2, -0.15) is 0 Å². The highest BCUT2D eigenvalue weighted by Crippen LogP contribution is 2.40. The molecule has 4 rings (SSSR count). The molecule has 3 aromatic rings. The Kier molecular flexibility index (Phi) is 7.44. The number of likely N-dealkylation sites (tertiary alicyclic amines) is 1. The minimum atomic E-state index is -0.869. The van der Waals surface area contributed by atoms with E-state index < -0.39 is 5.41 Å². The molecule has 0 spiro atoms. The molecule has 1 amide bonds. The van der Waals surface area contributed by atoms with Crippen LogP contribution in [0.1, 0.15) is 44.2 Å². The summed E-state index contributed by atoms with van der Waals surface area (Å²) in [6.45, 7) is 6.35. The number of benzene rings is 3. The third kappa shape index (κ3) is 5.21. The average Bonchev–Trinajstić information content (AvgIpc) is 3.30. The van der Waals surface area contributed by atoms with E-state index in [1.165, 1.54) is 0 Å². The summed E-state index contributed by atoms with van der Waals surface area (Å²) in [5, 5.41) is 0. The van der Waals surface area contributed by atoms with Crippen molar-refractivity contribution in [3.63, 3.8) is 0 Å². The first-order valence-electron chi connectivity index (χ1n) is 11.9. The minimum absolute atomic E-state index is 0.111. The van der Waals surface area contributed by atoms with E-state index in [-0.39, 0.29) is 17.6 Å². The molecule has 1 saturated heterocycles. The molecule has 1 unspecified atom stereocenters. The Morgan fingerprint density at radius 1 is 0.971 bits per heavy atom. The fraction of sp³-hybridized carbons (Fsp3) is 0.345. The maximum absolute atomic E-state index is 13.1. The summed E-state index contributed by atoms with van der Waals surface area (Å²) in [5.41, 5.74) is 7.07. The van der Waals surface area contributed by atoms with Crippen molar-refractivity contribution in [2.45, 2.75) is 50.2 Å². The van der Waals surface area contributed by atoms with Crippen LogP contribution >= 0.6 is 15.9 Å². The van der Waals surface area contributed by atoms with Gasteiger partial charge in [0.2, 0.25) is 5.91 Å². The van der Waals surface area contributed by atoms with E-state index in [1.54, 1.807) is 0 Å². The molecule has 1 aliphatic heterocycles. The first kappa shape index (κ1) is 24.5. The number of rotatable bonds is 9. The Morgan fingerprint density at radius 2 is 1.59 bits per heavy atom. The van der Waals surface area contributed by atoms with Crippen LogP contribution in [0.5, 0.6) is 5.75 Å². The molecule has 0 aliphatic carbocycles. The summed E-state index contributed by atoms with van der Waals surface area (Å²) < 4.78 is 7.28. The van der Waals surface area contributed by atoms with Crippen LogP contribution in [-0.4, -0.2) is 35.5 Å². The number of nitrogens with zero attached hydrogens (tertiary/aromatic N) is 1. The van der Waals surface area contributed by atoms with Crippen molar-refractivity contribution in [2.75, 3.05) is 13.1 Å². The number of ether oxygens (including phenoxy) is 1. The van der Waals surface area contributed by atoms with E-state index in [9.17, 15) is 4.79 Å². The van der Waals surface area contributed by atoms with Gasteiger partial charge in [-0.1, -0.05) is 82.7 Å². The van der Waals surface area contributed by atoms with Crippen LogP contribution in [0.15, 0.2) is 89.4 Å². The standard InChI is InChI=1S/C29H33BrN2O2/c1-28(2,32-19-16-26(21-32)34-25-15-9-14-24(30)20-25)17-18-29(27(31)33,22-10-5-3-6-11-22)23-12-7-4-8-13-23/h3-15,20,26H,16-19,21H2,1-2H3,(H2,31,33). The molecule has 0 radical (unpaired) electrons. The lowest BCUT2D eigenvalue weighted by atomic mass is 9.69. The maximum Gasteiger partial charge on any atom is 0.232 e. The van der Waals surface area contributed by atoms with Crippen LogP contribution < -0.4 is 10.5 Å². The van der Waals surface area contributed by atoms with Gasteiger partial charge in [0.1, 0.15) is 11.9 Å². The van der Waals surface area contributed by atoms with Gasteiger partial charge < -0.3 is 10.5 Å². The van der Waals surface area contributed by atoms with Crippen molar-refractivity contribution in [2.24, 2.45) is 5.73 Å². The second-order valence-electron chi connectivity index (χ2n) is 9.75. The van der Waals surface area contributed by atoms with E-state index in [0.29, 0.717) is 6.42 Å².